The number of methoxy groups -OCH3 is 3. The smallest absolute Gasteiger partial charge is 0.193 e. The first-order valence-corrected chi connectivity index (χ1v) is 10.6. The molecule has 2 aliphatic rings. The highest BCUT2D eigenvalue weighted by Gasteiger charge is 2.33. The van der Waals surface area contributed by atoms with E-state index < -0.39 is 0 Å². The molecule has 0 aliphatic carbocycles. The molecule has 2 saturated heterocycles. The van der Waals surface area contributed by atoms with E-state index in [4.69, 9.17) is 18.9 Å². The Labute approximate surface area is 180 Å². The van der Waals surface area contributed by atoms with Crippen LogP contribution in [0.15, 0.2) is 23.2 Å². The predicted octanol–water partition coefficient (Wildman–Crippen LogP) is 1.59. The second-order valence-electron chi connectivity index (χ2n) is 7.84. The van der Waals surface area contributed by atoms with E-state index in [9.17, 15) is 0 Å². The van der Waals surface area contributed by atoms with Crippen molar-refractivity contribution < 1.29 is 18.9 Å². The summed E-state index contributed by atoms with van der Waals surface area (Å²) in [5.74, 6) is 2.70. The Hall–Kier alpha value is -2.03. The van der Waals surface area contributed by atoms with E-state index in [1.54, 1.807) is 21.3 Å². The van der Waals surface area contributed by atoms with Crippen molar-refractivity contribution in [3.05, 3.63) is 23.8 Å². The van der Waals surface area contributed by atoms with E-state index >= 15 is 0 Å². The number of hydrogen-bond donors (Lipinski definition) is 1. The predicted molar refractivity (Wildman–Crippen MR) is 118 cm³/mol. The number of ether oxygens (including phenoxy) is 4. The number of nitrogens with zero attached hydrogens (tertiary/aromatic N) is 3. The zero-order valence-electron chi connectivity index (χ0n) is 18.8. The first kappa shape index (κ1) is 22.7. The van der Waals surface area contributed by atoms with Crippen LogP contribution in [-0.4, -0.2) is 95.7 Å². The number of aliphatic imine (C=N–C) groups is 1. The summed E-state index contributed by atoms with van der Waals surface area (Å²) >= 11 is 0. The van der Waals surface area contributed by atoms with Gasteiger partial charge in [0, 0.05) is 85.0 Å². The lowest BCUT2D eigenvalue weighted by atomic mass is 9.94. The van der Waals surface area contributed by atoms with Gasteiger partial charge in [-0.1, -0.05) is 0 Å². The molecule has 1 N–H and O–H groups in total. The molecule has 8 heteroatoms. The minimum atomic E-state index is -0.168. The third kappa shape index (κ3) is 5.56. The fraction of sp³-hybridized carbons (Fsp3) is 0.682. The monoisotopic (exact) mass is 420 g/mol. The summed E-state index contributed by atoms with van der Waals surface area (Å²) in [5.41, 5.74) is 0.980. The van der Waals surface area contributed by atoms with Crippen LogP contribution in [0.5, 0.6) is 11.5 Å². The van der Waals surface area contributed by atoms with Crippen LogP contribution in [0, 0.1) is 0 Å². The van der Waals surface area contributed by atoms with Gasteiger partial charge >= 0.3 is 0 Å². The summed E-state index contributed by atoms with van der Waals surface area (Å²) in [6.45, 7) is 6.87. The van der Waals surface area contributed by atoms with Crippen molar-refractivity contribution >= 4 is 5.96 Å². The van der Waals surface area contributed by atoms with Gasteiger partial charge in [0.1, 0.15) is 11.5 Å². The largest absolute Gasteiger partial charge is 0.497 e. The topological polar surface area (TPSA) is 67.8 Å². The van der Waals surface area contributed by atoms with Crippen molar-refractivity contribution in [1.82, 2.24) is 15.1 Å². The van der Waals surface area contributed by atoms with Crippen LogP contribution >= 0.6 is 0 Å². The Bertz CT molecular complexity index is 698. The molecule has 0 bridgehead atoms. The van der Waals surface area contributed by atoms with Gasteiger partial charge in [0.05, 0.1) is 19.8 Å². The molecule has 2 fully saturated rings. The SMILES string of the molecule is CN=C(NCC1(OC)CCOCC1)N1CCN(Cc2cc(OC)ccc2OC)CC1. The lowest BCUT2D eigenvalue weighted by Gasteiger charge is -2.39. The summed E-state index contributed by atoms with van der Waals surface area (Å²) in [7, 11) is 7.04. The fourth-order valence-electron chi connectivity index (χ4n) is 4.13. The van der Waals surface area contributed by atoms with E-state index in [0.717, 1.165) is 88.3 Å². The molecule has 1 aromatic rings. The van der Waals surface area contributed by atoms with Crippen LogP contribution in [0.1, 0.15) is 18.4 Å². The first-order chi connectivity index (χ1) is 14.6. The van der Waals surface area contributed by atoms with Crippen molar-refractivity contribution in [2.45, 2.75) is 25.0 Å². The molecule has 1 aromatic carbocycles. The molecule has 0 radical (unpaired) electrons. The van der Waals surface area contributed by atoms with E-state index in [1.165, 1.54) is 0 Å². The molecule has 0 saturated carbocycles. The zero-order chi connectivity index (χ0) is 21.4. The van der Waals surface area contributed by atoms with Crippen LogP contribution in [0.25, 0.3) is 0 Å². The maximum atomic E-state index is 5.84. The van der Waals surface area contributed by atoms with Gasteiger partial charge in [0.25, 0.3) is 0 Å². The molecular formula is C22H36N4O4. The Morgan fingerprint density at radius 1 is 1.10 bits per heavy atom. The van der Waals surface area contributed by atoms with Crippen molar-refractivity contribution in [3.63, 3.8) is 0 Å². The highest BCUT2D eigenvalue weighted by atomic mass is 16.5. The van der Waals surface area contributed by atoms with Crippen LogP contribution in [-0.2, 0) is 16.0 Å². The highest BCUT2D eigenvalue weighted by Crippen LogP contribution is 2.26. The van der Waals surface area contributed by atoms with Crippen LogP contribution in [0.3, 0.4) is 0 Å². The third-order valence-corrected chi connectivity index (χ3v) is 6.17. The van der Waals surface area contributed by atoms with Gasteiger partial charge in [-0.05, 0) is 18.2 Å². The normalized spacial score (nSPS) is 20.1. The quantitative estimate of drug-likeness (QED) is 0.531. The van der Waals surface area contributed by atoms with E-state index in [0.29, 0.717) is 0 Å². The van der Waals surface area contributed by atoms with Crippen LogP contribution in [0.4, 0.5) is 0 Å². The minimum Gasteiger partial charge on any atom is -0.497 e. The molecule has 2 heterocycles. The van der Waals surface area contributed by atoms with Crippen molar-refractivity contribution in [3.8, 4) is 11.5 Å². The Morgan fingerprint density at radius 2 is 1.83 bits per heavy atom. The maximum absolute atomic E-state index is 5.84. The standard InChI is InChI=1S/C22H36N4O4/c1-23-21(24-17-22(29-4)7-13-30-14-8-22)26-11-9-25(10-12-26)16-18-15-19(27-2)5-6-20(18)28-3/h5-6,15H,7-14,16-17H2,1-4H3,(H,23,24). The molecule has 30 heavy (non-hydrogen) atoms. The molecule has 0 amide bonds. The average Bonchev–Trinajstić information content (AvgIpc) is 2.81. The van der Waals surface area contributed by atoms with Gasteiger partial charge < -0.3 is 29.2 Å². The van der Waals surface area contributed by atoms with Crippen molar-refractivity contribution in [1.29, 1.82) is 0 Å². The van der Waals surface area contributed by atoms with Crippen molar-refractivity contribution in [2.24, 2.45) is 4.99 Å². The molecule has 168 valence electrons. The van der Waals surface area contributed by atoms with Crippen molar-refractivity contribution in [2.75, 3.05) is 74.3 Å². The Kier molecular flexibility index (Phi) is 8.18. The molecule has 0 unspecified atom stereocenters. The number of hydrogen-bond acceptors (Lipinski definition) is 6. The molecule has 8 nitrogen and oxygen atoms in total. The highest BCUT2D eigenvalue weighted by molar-refractivity contribution is 5.80. The summed E-state index contributed by atoms with van der Waals surface area (Å²) in [6, 6.07) is 5.96. The van der Waals surface area contributed by atoms with Gasteiger partial charge in [-0.3, -0.25) is 9.89 Å². The fourth-order valence-corrected chi connectivity index (χ4v) is 4.13. The second kappa shape index (κ2) is 10.8. The minimum absolute atomic E-state index is 0.168. The summed E-state index contributed by atoms with van der Waals surface area (Å²) in [5, 5.41) is 3.54. The summed E-state index contributed by atoms with van der Waals surface area (Å²) in [4.78, 5) is 9.27. The lowest BCUT2D eigenvalue weighted by Crippen LogP contribution is -2.55. The van der Waals surface area contributed by atoms with Gasteiger partial charge in [0.15, 0.2) is 5.96 Å². The average molecular weight is 421 g/mol. The maximum Gasteiger partial charge on any atom is 0.193 e. The zero-order valence-corrected chi connectivity index (χ0v) is 18.8. The van der Waals surface area contributed by atoms with Gasteiger partial charge in [0.2, 0.25) is 0 Å². The molecule has 3 rings (SSSR count). The van der Waals surface area contributed by atoms with Crippen LogP contribution in [0.2, 0.25) is 0 Å². The molecule has 0 spiro atoms. The van der Waals surface area contributed by atoms with Gasteiger partial charge in [-0.25, -0.2) is 0 Å². The van der Waals surface area contributed by atoms with E-state index in [-0.39, 0.29) is 5.60 Å². The number of benzene rings is 1. The van der Waals surface area contributed by atoms with E-state index in [1.807, 2.05) is 19.2 Å². The Balaban J connectivity index is 1.53. The van der Waals surface area contributed by atoms with Gasteiger partial charge in [-0.2, -0.15) is 0 Å². The number of guanidine groups is 1. The van der Waals surface area contributed by atoms with Gasteiger partial charge in [-0.15, -0.1) is 0 Å². The third-order valence-electron chi connectivity index (χ3n) is 6.17. The molecule has 0 atom stereocenters. The summed E-state index contributed by atoms with van der Waals surface area (Å²) < 4.78 is 22.2. The van der Waals surface area contributed by atoms with Crippen LogP contribution < -0.4 is 14.8 Å². The molecule has 2 aliphatic heterocycles. The molecular weight excluding hydrogens is 384 g/mol. The number of piperazine rings is 1. The second-order valence-corrected chi connectivity index (χ2v) is 7.84. The Morgan fingerprint density at radius 3 is 2.43 bits per heavy atom. The van der Waals surface area contributed by atoms with E-state index in [2.05, 4.69) is 26.2 Å². The number of rotatable bonds is 7. The molecule has 0 aromatic heterocycles. The first-order valence-electron chi connectivity index (χ1n) is 10.6. The summed E-state index contributed by atoms with van der Waals surface area (Å²) in [6.07, 6.45) is 1.81. The number of nitrogens with one attached hydrogen (secondary N) is 1. The lowest BCUT2D eigenvalue weighted by molar-refractivity contribution is -0.0858.